The summed E-state index contributed by atoms with van der Waals surface area (Å²) in [7, 11) is 5.88. The highest BCUT2D eigenvalue weighted by Crippen LogP contribution is 2.26. The summed E-state index contributed by atoms with van der Waals surface area (Å²) in [4.78, 5) is 47.8. The minimum atomic E-state index is -0.618. The number of nitro benzene ring substituents is 1. The Kier molecular flexibility index (Phi) is 9.82. The number of ether oxygens (including phenoxy) is 1. The molecule has 0 bridgehead atoms. The van der Waals surface area contributed by atoms with Crippen molar-refractivity contribution in [2.45, 2.75) is 6.42 Å². The molecule has 0 aliphatic carbocycles. The number of carbonyl (C=O) groups excluding carboxylic acids is 2. The molecule has 4 rings (SSSR count). The number of morpholine rings is 1. The minimum absolute atomic E-state index is 0.0474. The summed E-state index contributed by atoms with van der Waals surface area (Å²) in [5.41, 5.74) is 1.66. The standard InChI is InChI=1S/C29H35N7O5/c1-33(2)12-5-13-34(3)24-8-9-26(36(39)40)25(20-24)29(38)32-23-7-4-6-22(19-23)31-28(37)21-10-11-30-27(18-21)35-14-16-41-17-15-35/h4,6-11,18-20H,5,12-17H2,1-3H3,(H,31,37)(H,32,38). The van der Waals surface area contributed by atoms with Gasteiger partial charge in [-0.25, -0.2) is 4.98 Å². The Morgan fingerprint density at radius 2 is 1.68 bits per heavy atom. The molecule has 1 saturated heterocycles. The van der Waals surface area contributed by atoms with Gasteiger partial charge < -0.3 is 30.1 Å². The second-order valence-electron chi connectivity index (χ2n) is 10.0. The van der Waals surface area contributed by atoms with Crippen LogP contribution >= 0.6 is 0 Å². The summed E-state index contributed by atoms with van der Waals surface area (Å²) in [6.45, 7) is 4.24. The quantitative estimate of drug-likeness (QED) is 0.265. The van der Waals surface area contributed by atoms with Gasteiger partial charge in [-0.15, -0.1) is 0 Å². The molecule has 1 fully saturated rings. The maximum Gasteiger partial charge on any atom is 0.282 e. The minimum Gasteiger partial charge on any atom is -0.378 e. The molecule has 12 nitrogen and oxygen atoms in total. The van der Waals surface area contributed by atoms with Gasteiger partial charge in [0.05, 0.1) is 18.1 Å². The first-order valence-corrected chi connectivity index (χ1v) is 13.4. The fraction of sp³-hybridized carbons (Fsp3) is 0.345. The average Bonchev–Trinajstić information content (AvgIpc) is 2.97. The summed E-state index contributed by atoms with van der Waals surface area (Å²) >= 11 is 0. The summed E-state index contributed by atoms with van der Waals surface area (Å²) in [6, 6.07) is 14.5. The van der Waals surface area contributed by atoms with E-state index in [1.807, 2.05) is 26.0 Å². The van der Waals surface area contributed by atoms with Crippen LogP contribution in [0.5, 0.6) is 0 Å². The van der Waals surface area contributed by atoms with E-state index >= 15 is 0 Å². The molecule has 1 aliphatic heterocycles. The number of anilines is 4. The lowest BCUT2D eigenvalue weighted by Crippen LogP contribution is -2.36. The van der Waals surface area contributed by atoms with E-state index in [9.17, 15) is 19.7 Å². The maximum atomic E-state index is 13.2. The van der Waals surface area contributed by atoms with Crippen molar-refractivity contribution >= 4 is 40.4 Å². The fourth-order valence-electron chi connectivity index (χ4n) is 4.46. The highest BCUT2D eigenvalue weighted by molar-refractivity contribution is 6.08. The zero-order valence-electron chi connectivity index (χ0n) is 23.5. The Morgan fingerprint density at radius 3 is 2.37 bits per heavy atom. The number of rotatable bonds is 11. The molecule has 2 aromatic carbocycles. The molecule has 0 unspecified atom stereocenters. The Labute approximate surface area is 239 Å². The van der Waals surface area contributed by atoms with Gasteiger partial charge in [-0.1, -0.05) is 6.07 Å². The van der Waals surface area contributed by atoms with Gasteiger partial charge in [-0.05, 0) is 69.5 Å². The molecule has 0 spiro atoms. The molecule has 0 radical (unpaired) electrons. The van der Waals surface area contributed by atoms with Gasteiger partial charge in [-0.3, -0.25) is 19.7 Å². The number of amides is 2. The molecule has 2 N–H and O–H groups in total. The third-order valence-corrected chi connectivity index (χ3v) is 6.68. The van der Waals surface area contributed by atoms with E-state index in [1.165, 1.54) is 12.1 Å². The lowest BCUT2D eigenvalue weighted by molar-refractivity contribution is -0.385. The second kappa shape index (κ2) is 13.7. The van der Waals surface area contributed by atoms with Crippen molar-refractivity contribution in [2.24, 2.45) is 0 Å². The second-order valence-corrected chi connectivity index (χ2v) is 10.0. The van der Waals surface area contributed by atoms with Crippen LogP contribution in [-0.2, 0) is 4.74 Å². The van der Waals surface area contributed by atoms with Crippen LogP contribution in [0.3, 0.4) is 0 Å². The Bertz CT molecular complexity index is 1390. The lowest BCUT2D eigenvalue weighted by atomic mass is 10.1. The smallest absolute Gasteiger partial charge is 0.282 e. The molecule has 2 heterocycles. The highest BCUT2D eigenvalue weighted by atomic mass is 16.6. The zero-order chi connectivity index (χ0) is 29.4. The Balaban J connectivity index is 1.46. The topological polar surface area (TPSA) is 133 Å². The lowest BCUT2D eigenvalue weighted by Gasteiger charge is -2.27. The van der Waals surface area contributed by atoms with E-state index in [0.717, 1.165) is 19.5 Å². The first-order valence-electron chi connectivity index (χ1n) is 13.4. The highest BCUT2D eigenvalue weighted by Gasteiger charge is 2.22. The largest absolute Gasteiger partial charge is 0.378 e. The Hall–Kier alpha value is -4.55. The van der Waals surface area contributed by atoms with E-state index in [-0.39, 0.29) is 17.2 Å². The van der Waals surface area contributed by atoms with Crippen molar-refractivity contribution in [1.82, 2.24) is 9.88 Å². The number of hydrogen-bond donors (Lipinski definition) is 2. The van der Waals surface area contributed by atoms with Crippen LogP contribution in [0, 0.1) is 10.1 Å². The van der Waals surface area contributed by atoms with Crippen molar-refractivity contribution in [1.29, 1.82) is 0 Å². The van der Waals surface area contributed by atoms with Crippen molar-refractivity contribution < 1.29 is 19.2 Å². The van der Waals surface area contributed by atoms with E-state index in [1.54, 1.807) is 48.7 Å². The monoisotopic (exact) mass is 561 g/mol. The van der Waals surface area contributed by atoms with E-state index in [2.05, 4.69) is 25.4 Å². The molecule has 1 aliphatic rings. The third kappa shape index (κ3) is 7.99. The third-order valence-electron chi connectivity index (χ3n) is 6.68. The summed E-state index contributed by atoms with van der Waals surface area (Å²) in [6.07, 6.45) is 2.49. The fourth-order valence-corrected chi connectivity index (χ4v) is 4.46. The summed E-state index contributed by atoms with van der Waals surface area (Å²) in [5.74, 6) is -0.242. The van der Waals surface area contributed by atoms with E-state index in [0.29, 0.717) is 54.7 Å². The van der Waals surface area contributed by atoms with Gasteiger partial charge in [0.15, 0.2) is 0 Å². The van der Waals surface area contributed by atoms with Gasteiger partial charge in [0.25, 0.3) is 17.5 Å². The summed E-state index contributed by atoms with van der Waals surface area (Å²) in [5, 5.41) is 17.3. The van der Waals surface area contributed by atoms with Crippen molar-refractivity contribution in [3.63, 3.8) is 0 Å². The molecule has 0 saturated carbocycles. The molecular weight excluding hydrogens is 526 g/mol. The van der Waals surface area contributed by atoms with Crippen LogP contribution in [0.15, 0.2) is 60.8 Å². The van der Waals surface area contributed by atoms with Crippen LogP contribution in [0.1, 0.15) is 27.1 Å². The normalized spacial score (nSPS) is 13.1. The van der Waals surface area contributed by atoms with Gasteiger partial charge >= 0.3 is 0 Å². The molecule has 2 amide bonds. The number of nitrogens with one attached hydrogen (secondary N) is 2. The van der Waals surface area contributed by atoms with Gasteiger partial charge in [-0.2, -0.15) is 0 Å². The van der Waals surface area contributed by atoms with Gasteiger partial charge in [0.2, 0.25) is 0 Å². The molecule has 41 heavy (non-hydrogen) atoms. The van der Waals surface area contributed by atoms with Crippen LogP contribution in [0.2, 0.25) is 0 Å². The van der Waals surface area contributed by atoms with Gasteiger partial charge in [0, 0.05) is 61.6 Å². The molecule has 0 atom stereocenters. The molecule has 216 valence electrons. The Morgan fingerprint density at radius 1 is 0.976 bits per heavy atom. The van der Waals surface area contributed by atoms with Crippen LogP contribution in [-0.4, -0.2) is 87.2 Å². The first-order chi connectivity index (χ1) is 19.7. The van der Waals surface area contributed by atoms with E-state index in [4.69, 9.17) is 4.74 Å². The number of hydrogen-bond acceptors (Lipinski definition) is 9. The number of aromatic nitrogens is 1. The van der Waals surface area contributed by atoms with Crippen LogP contribution in [0.4, 0.5) is 28.6 Å². The molecular formula is C29H35N7O5. The number of pyridine rings is 1. The molecule has 12 heteroatoms. The van der Waals surface area contributed by atoms with Gasteiger partial charge in [0.1, 0.15) is 11.4 Å². The number of nitro groups is 1. The average molecular weight is 562 g/mol. The summed E-state index contributed by atoms with van der Waals surface area (Å²) < 4.78 is 5.38. The van der Waals surface area contributed by atoms with Crippen molar-refractivity contribution in [2.75, 3.05) is 81.0 Å². The molecule has 1 aromatic heterocycles. The van der Waals surface area contributed by atoms with Crippen LogP contribution < -0.4 is 20.4 Å². The number of benzene rings is 2. The van der Waals surface area contributed by atoms with Crippen molar-refractivity contribution in [3.05, 3.63) is 82.0 Å². The van der Waals surface area contributed by atoms with Crippen LogP contribution in [0.25, 0.3) is 0 Å². The first kappa shape index (κ1) is 29.4. The van der Waals surface area contributed by atoms with Crippen molar-refractivity contribution in [3.8, 4) is 0 Å². The molecule has 3 aromatic rings. The number of nitrogens with zero attached hydrogens (tertiary/aromatic N) is 5. The maximum absolute atomic E-state index is 13.2. The van der Waals surface area contributed by atoms with E-state index < -0.39 is 10.8 Å². The SMILES string of the molecule is CN(C)CCCN(C)c1ccc([N+](=O)[O-])c(C(=O)Nc2cccc(NC(=O)c3ccnc(N4CCOCC4)c3)c2)c1. The zero-order valence-corrected chi connectivity index (χ0v) is 23.5. The predicted octanol–water partition coefficient (Wildman–Crippen LogP) is 3.72. The number of carbonyl (C=O) groups is 2. The predicted molar refractivity (Wildman–Crippen MR) is 159 cm³/mol.